The summed E-state index contributed by atoms with van der Waals surface area (Å²) in [6, 6.07) is 0. The van der Waals surface area contributed by atoms with Gasteiger partial charge < -0.3 is 11.1 Å². The third-order valence-electron chi connectivity index (χ3n) is 3.50. The molecule has 108 valence electrons. The molecular formula is C14H31N3O. The van der Waals surface area contributed by atoms with E-state index < -0.39 is 0 Å². The fourth-order valence-electron chi connectivity index (χ4n) is 1.85. The van der Waals surface area contributed by atoms with Crippen molar-refractivity contribution in [1.82, 2.24) is 10.2 Å². The SMILES string of the molecule is CCCN(CC(=O)NCC(C)C)C(C)(CC)CN. The van der Waals surface area contributed by atoms with E-state index in [1.54, 1.807) is 0 Å². The van der Waals surface area contributed by atoms with E-state index in [0.717, 1.165) is 25.9 Å². The maximum absolute atomic E-state index is 11.9. The number of hydrogen-bond donors (Lipinski definition) is 2. The van der Waals surface area contributed by atoms with Gasteiger partial charge in [-0.15, -0.1) is 0 Å². The lowest BCUT2D eigenvalue weighted by molar-refractivity contribution is -0.123. The molecule has 0 aromatic rings. The number of amides is 1. The maximum atomic E-state index is 11.9. The van der Waals surface area contributed by atoms with Crippen molar-refractivity contribution in [2.45, 2.75) is 53.0 Å². The van der Waals surface area contributed by atoms with Crippen molar-refractivity contribution in [3.05, 3.63) is 0 Å². The van der Waals surface area contributed by atoms with Gasteiger partial charge in [0.1, 0.15) is 0 Å². The predicted octanol–water partition coefficient (Wildman–Crippen LogP) is 1.60. The lowest BCUT2D eigenvalue weighted by Gasteiger charge is -2.39. The summed E-state index contributed by atoms with van der Waals surface area (Å²) in [5.74, 6) is 0.589. The van der Waals surface area contributed by atoms with Crippen LogP contribution in [0.3, 0.4) is 0 Å². The molecule has 0 spiro atoms. The van der Waals surface area contributed by atoms with Crippen molar-refractivity contribution in [1.29, 1.82) is 0 Å². The molecule has 0 aliphatic heterocycles. The Morgan fingerprint density at radius 3 is 2.39 bits per heavy atom. The highest BCUT2D eigenvalue weighted by atomic mass is 16.2. The van der Waals surface area contributed by atoms with E-state index in [1.807, 2.05) is 0 Å². The molecule has 18 heavy (non-hydrogen) atoms. The highest BCUT2D eigenvalue weighted by Crippen LogP contribution is 2.18. The Balaban J connectivity index is 4.47. The first kappa shape index (κ1) is 17.4. The van der Waals surface area contributed by atoms with Crippen LogP contribution < -0.4 is 11.1 Å². The van der Waals surface area contributed by atoms with Gasteiger partial charge in [-0.3, -0.25) is 9.69 Å². The van der Waals surface area contributed by atoms with E-state index >= 15 is 0 Å². The molecule has 1 unspecified atom stereocenters. The summed E-state index contributed by atoms with van der Waals surface area (Å²) in [6.07, 6.45) is 1.99. The van der Waals surface area contributed by atoms with Crippen LogP contribution in [0.1, 0.15) is 47.5 Å². The molecule has 0 saturated carbocycles. The molecule has 0 bridgehead atoms. The smallest absolute Gasteiger partial charge is 0.234 e. The molecule has 0 aromatic carbocycles. The first-order valence-corrected chi connectivity index (χ1v) is 7.11. The molecule has 0 saturated heterocycles. The molecule has 0 radical (unpaired) electrons. The minimum absolute atomic E-state index is 0.0782. The molecule has 1 atom stereocenters. The van der Waals surface area contributed by atoms with Crippen molar-refractivity contribution in [2.75, 3.05) is 26.2 Å². The fraction of sp³-hybridized carbons (Fsp3) is 0.929. The molecule has 0 rings (SSSR count). The van der Waals surface area contributed by atoms with Gasteiger partial charge in [-0.2, -0.15) is 0 Å². The second-order valence-electron chi connectivity index (χ2n) is 5.67. The normalized spacial score (nSPS) is 14.9. The van der Waals surface area contributed by atoms with Gasteiger partial charge in [-0.1, -0.05) is 27.7 Å². The number of nitrogens with zero attached hydrogens (tertiary/aromatic N) is 1. The van der Waals surface area contributed by atoms with E-state index in [9.17, 15) is 4.79 Å². The zero-order valence-electron chi connectivity index (χ0n) is 12.8. The summed E-state index contributed by atoms with van der Waals surface area (Å²) < 4.78 is 0. The Morgan fingerprint density at radius 1 is 1.39 bits per heavy atom. The van der Waals surface area contributed by atoms with Crippen LogP contribution in [0.15, 0.2) is 0 Å². The lowest BCUT2D eigenvalue weighted by Crippen LogP contribution is -2.54. The summed E-state index contributed by atoms with van der Waals surface area (Å²) in [7, 11) is 0. The molecule has 1 amide bonds. The summed E-state index contributed by atoms with van der Waals surface area (Å²) in [4.78, 5) is 14.1. The van der Waals surface area contributed by atoms with Crippen molar-refractivity contribution in [3.8, 4) is 0 Å². The molecule has 0 heterocycles. The van der Waals surface area contributed by atoms with Crippen LogP contribution in [0.25, 0.3) is 0 Å². The Bertz CT molecular complexity index is 237. The molecular weight excluding hydrogens is 226 g/mol. The monoisotopic (exact) mass is 257 g/mol. The van der Waals surface area contributed by atoms with Gasteiger partial charge in [0.05, 0.1) is 6.54 Å². The molecule has 0 aromatic heterocycles. The van der Waals surface area contributed by atoms with Crippen LogP contribution in [0, 0.1) is 5.92 Å². The van der Waals surface area contributed by atoms with Crippen molar-refractivity contribution in [2.24, 2.45) is 11.7 Å². The Morgan fingerprint density at radius 2 is 2.00 bits per heavy atom. The minimum Gasteiger partial charge on any atom is -0.355 e. The highest BCUT2D eigenvalue weighted by molar-refractivity contribution is 5.78. The zero-order valence-corrected chi connectivity index (χ0v) is 12.8. The average molecular weight is 257 g/mol. The predicted molar refractivity (Wildman–Crippen MR) is 77.5 cm³/mol. The molecule has 4 heteroatoms. The van der Waals surface area contributed by atoms with Gasteiger partial charge in [-0.25, -0.2) is 0 Å². The number of hydrogen-bond acceptors (Lipinski definition) is 3. The van der Waals surface area contributed by atoms with Gasteiger partial charge in [0.15, 0.2) is 0 Å². The van der Waals surface area contributed by atoms with Gasteiger partial charge in [0, 0.05) is 18.6 Å². The van der Waals surface area contributed by atoms with Crippen LogP contribution in [-0.2, 0) is 4.79 Å². The van der Waals surface area contributed by atoms with Crippen LogP contribution in [0.2, 0.25) is 0 Å². The topological polar surface area (TPSA) is 58.4 Å². The fourth-order valence-corrected chi connectivity index (χ4v) is 1.85. The molecule has 3 N–H and O–H groups in total. The maximum Gasteiger partial charge on any atom is 0.234 e. The molecule has 0 aliphatic rings. The second kappa shape index (κ2) is 8.48. The van der Waals surface area contributed by atoms with Gasteiger partial charge in [0.25, 0.3) is 0 Å². The van der Waals surface area contributed by atoms with E-state index in [0.29, 0.717) is 19.0 Å². The van der Waals surface area contributed by atoms with Crippen molar-refractivity contribution in [3.63, 3.8) is 0 Å². The van der Waals surface area contributed by atoms with Gasteiger partial charge >= 0.3 is 0 Å². The third kappa shape index (κ3) is 5.83. The van der Waals surface area contributed by atoms with Crippen LogP contribution in [0.5, 0.6) is 0 Å². The van der Waals surface area contributed by atoms with Gasteiger partial charge in [0.2, 0.25) is 5.91 Å². The molecule has 4 nitrogen and oxygen atoms in total. The zero-order chi connectivity index (χ0) is 14.2. The first-order valence-electron chi connectivity index (χ1n) is 7.11. The average Bonchev–Trinajstić information content (AvgIpc) is 2.35. The van der Waals surface area contributed by atoms with Crippen molar-refractivity contribution >= 4 is 5.91 Å². The standard InChI is InChI=1S/C14H31N3O/c1-6-8-17(14(5,7-2)11-15)10-13(18)16-9-12(3)4/h12H,6-11,15H2,1-5H3,(H,16,18). The molecule has 0 aliphatic carbocycles. The largest absolute Gasteiger partial charge is 0.355 e. The van der Waals surface area contributed by atoms with E-state index in [1.165, 1.54) is 0 Å². The summed E-state index contributed by atoms with van der Waals surface area (Å²) in [5.41, 5.74) is 5.80. The second-order valence-corrected chi connectivity index (χ2v) is 5.67. The quantitative estimate of drug-likeness (QED) is 0.659. The van der Waals surface area contributed by atoms with E-state index in [-0.39, 0.29) is 11.4 Å². The van der Waals surface area contributed by atoms with Crippen LogP contribution >= 0.6 is 0 Å². The minimum atomic E-state index is -0.0782. The number of nitrogens with one attached hydrogen (secondary N) is 1. The number of nitrogens with two attached hydrogens (primary N) is 1. The van der Waals surface area contributed by atoms with Crippen LogP contribution in [0.4, 0.5) is 0 Å². The van der Waals surface area contributed by atoms with Gasteiger partial charge in [-0.05, 0) is 32.2 Å². The summed E-state index contributed by atoms with van der Waals surface area (Å²) >= 11 is 0. The highest BCUT2D eigenvalue weighted by Gasteiger charge is 2.29. The van der Waals surface area contributed by atoms with E-state index in [2.05, 4.69) is 44.8 Å². The summed E-state index contributed by atoms with van der Waals surface area (Å²) in [5, 5.41) is 2.97. The Hall–Kier alpha value is -0.610. The Labute approximate surface area is 112 Å². The first-order chi connectivity index (χ1) is 8.39. The molecule has 0 fully saturated rings. The third-order valence-corrected chi connectivity index (χ3v) is 3.50. The van der Waals surface area contributed by atoms with Crippen molar-refractivity contribution < 1.29 is 4.79 Å². The number of carbonyl (C=O) groups excluding carboxylic acids is 1. The Kier molecular flexibility index (Phi) is 8.20. The summed E-state index contributed by atoms with van der Waals surface area (Å²) in [6.45, 7) is 13.3. The van der Waals surface area contributed by atoms with E-state index in [4.69, 9.17) is 5.73 Å². The lowest BCUT2D eigenvalue weighted by atomic mass is 9.96. The van der Waals surface area contributed by atoms with Crippen LogP contribution in [-0.4, -0.2) is 42.5 Å². The number of carbonyl (C=O) groups is 1. The number of rotatable bonds is 9.